The summed E-state index contributed by atoms with van der Waals surface area (Å²) in [6.45, 7) is 0.0328. The summed E-state index contributed by atoms with van der Waals surface area (Å²) in [5, 5.41) is -0.291. The molecule has 0 radical (unpaired) electrons. The Bertz CT molecular complexity index is 662. The fourth-order valence-corrected chi connectivity index (χ4v) is 3.84. The lowest BCUT2D eigenvalue weighted by molar-refractivity contribution is -0.122. The number of nitrogens with zero attached hydrogens (tertiary/aromatic N) is 2. The van der Waals surface area contributed by atoms with Gasteiger partial charge in [0.25, 0.3) is 11.1 Å². The molecule has 0 atom stereocenters. The molecule has 2 aliphatic rings. The number of hydrogen-bond donors (Lipinski definition) is 0. The second-order valence-electron chi connectivity index (χ2n) is 5.66. The lowest BCUT2D eigenvalue weighted by atomic mass is 9.95. The summed E-state index contributed by atoms with van der Waals surface area (Å²) in [5.41, 5.74) is 0.955. The molecule has 2 amide bonds. The van der Waals surface area contributed by atoms with Gasteiger partial charge in [0.2, 0.25) is 0 Å². The summed E-state index contributed by atoms with van der Waals surface area (Å²) in [7, 11) is 0. The van der Waals surface area contributed by atoms with E-state index in [1.807, 2.05) is 6.07 Å². The molecule has 2 heterocycles. The molecule has 1 aromatic heterocycles. The van der Waals surface area contributed by atoms with Crippen LogP contribution < -0.4 is 0 Å². The van der Waals surface area contributed by atoms with Crippen LogP contribution in [0.5, 0.6) is 0 Å². The van der Waals surface area contributed by atoms with Gasteiger partial charge in [-0.15, -0.1) is 6.42 Å². The van der Waals surface area contributed by atoms with Gasteiger partial charge < -0.3 is 4.57 Å². The van der Waals surface area contributed by atoms with Crippen molar-refractivity contribution in [3.63, 3.8) is 0 Å². The number of amides is 2. The average molecular weight is 314 g/mol. The largest absolute Gasteiger partial charge is 0.351 e. The van der Waals surface area contributed by atoms with Crippen LogP contribution in [0.1, 0.15) is 43.7 Å². The average Bonchev–Trinajstić information content (AvgIpc) is 3.09. The van der Waals surface area contributed by atoms with Crippen LogP contribution in [-0.2, 0) is 4.79 Å². The zero-order valence-electron chi connectivity index (χ0n) is 12.3. The predicted octanol–water partition coefficient (Wildman–Crippen LogP) is 3.66. The van der Waals surface area contributed by atoms with E-state index in [2.05, 4.69) is 22.9 Å². The summed E-state index contributed by atoms with van der Waals surface area (Å²) in [6.07, 6.45) is 17.4. The summed E-state index contributed by atoms with van der Waals surface area (Å²) in [4.78, 5) is 25.4. The lowest BCUT2D eigenvalue weighted by Gasteiger charge is -2.23. The molecule has 0 N–H and O–H groups in total. The molecule has 114 valence electrons. The Kier molecular flexibility index (Phi) is 4.39. The van der Waals surface area contributed by atoms with Gasteiger partial charge in [0.05, 0.1) is 11.4 Å². The van der Waals surface area contributed by atoms with Gasteiger partial charge >= 0.3 is 0 Å². The van der Waals surface area contributed by atoms with Crippen LogP contribution in [0, 0.1) is 12.3 Å². The van der Waals surface area contributed by atoms with Gasteiger partial charge in [0, 0.05) is 18.4 Å². The zero-order valence-corrected chi connectivity index (χ0v) is 13.1. The molecule has 1 saturated carbocycles. The Morgan fingerprint density at radius 3 is 2.82 bits per heavy atom. The first-order chi connectivity index (χ1) is 10.7. The molecule has 1 aliphatic carbocycles. The number of thioether (sulfide) groups is 1. The predicted molar refractivity (Wildman–Crippen MR) is 88.1 cm³/mol. The van der Waals surface area contributed by atoms with Crippen molar-refractivity contribution in [1.82, 2.24) is 9.47 Å². The minimum atomic E-state index is -0.293. The summed E-state index contributed by atoms with van der Waals surface area (Å²) in [5.74, 6) is 2.05. The molecule has 0 bridgehead atoms. The molecule has 3 rings (SSSR count). The highest BCUT2D eigenvalue weighted by molar-refractivity contribution is 8.18. The van der Waals surface area contributed by atoms with Crippen LogP contribution in [0.4, 0.5) is 4.79 Å². The number of hydrogen-bond acceptors (Lipinski definition) is 3. The molecular weight excluding hydrogens is 296 g/mol. The molecule has 1 aromatic rings. The smallest absolute Gasteiger partial charge is 0.294 e. The van der Waals surface area contributed by atoms with Crippen molar-refractivity contribution < 1.29 is 9.59 Å². The molecule has 22 heavy (non-hydrogen) atoms. The van der Waals surface area contributed by atoms with Crippen LogP contribution in [0.15, 0.2) is 23.4 Å². The van der Waals surface area contributed by atoms with E-state index in [-0.39, 0.29) is 17.7 Å². The van der Waals surface area contributed by atoms with Gasteiger partial charge in [-0.1, -0.05) is 25.2 Å². The van der Waals surface area contributed by atoms with Gasteiger partial charge in [0.1, 0.15) is 0 Å². The van der Waals surface area contributed by atoms with Crippen LogP contribution in [-0.4, -0.2) is 27.2 Å². The van der Waals surface area contributed by atoms with Crippen molar-refractivity contribution >= 4 is 29.0 Å². The summed E-state index contributed by atoms with van der Waals surface area (Å²) >= 11 is 0.955. The second kappa shape index (κ2) is 6.45. The van der Waals surface area contributed by atoms with Crippen LogP contribution in [0.2, 0.25) is 0 Å². The van der Waals surface area contributed by atoms with Crippen molar-refractivity contribution in [2.75, 3.05) is 6.54 Å². The van der Waals surface area contributed by atoms with Gasteiger partial charge in [-0.2, -0.15) is 0 Å². The third-order valence-corrected chi connectivity index (χ3v) is 5.06. The lowest BCUT2D eigenvalue weighted by Crippen LogP contribution is -2.28. The quantitative estimate of drug-likeness (QED) is 0.631. The highest BCUT2D eigenvalue weighted by atomic mass is 32.2. The monoisotopic (exact) mass is 314 g/mol. The Balaban J connectivity index is 1.75. The maximum atomic E-state index is 12.1. The Morgan fingerprint density at radius 1 is 1.32 bits per heavy atom. The van der Waals surface area contributed by atoms with E-state index in [1.165, 1.54) is 32.1 Å². The fourth-order valence-electron chi connectivity index (χ4n) is 3.00. The topological polar surface area (TPSA) is 42.3 Å². The Morgan fingerprint density at radius 2 is 2.09 bits per heavy atom. The van der Waals surface area contributed by atoms with E-state index < -0.39 is 0 Å². The number of carbonyl (C=O) groups is 2. The molecule has 5 heteroatoms. The number of rotatable bonds is 3. The van der Waals surface area contributed by atoms with E-state index in [4.69, 9.17) is 6.42 Å². The first-order valence-corrected chi connectivity index (χ1v) is 8.37. The molecule has 0 unspecified atom stereocenters. The maximum absolute atomic E-state index is 12.1. The number of carbonyl (C=O) groups excluding carboxylic acids is 2. The van der Waals surface area contributed by atoms with Crippen molar-refractivity contribution in [2.45, 2.75) is 38.1 Å². The third kappa shape index (κ3) is 2.97. The SMILES string of the molecule is C#CCN1C(=O)S/C(=C/c2ccn(C3CCCCC3)c2)C1=O. The van der Waals surface area contributed by atoms with E-state index in [0.717, 1.165) is 22.2 Å². The van der Waals surface area contributed by atoms with Crippen molar-refractivity contribution in [2.24, 2.45) is 0 Å². The van der Waals surface area contributed by atoms with Crippen molar-refractivity contribution in [3.8, 4) is 12.3 Å². The summed E-state index contributed by atoms with van der Waals surface area (Å²) in [6, 6.07) is 2.55. The van der Waals surface area contributed by atoms with Crippen molar-refractivity contribution in [1.29, 1.82) is 0 Å². The van der Waals surface area contributed by atoms with Crippen molar-refractivity contribution in [3.05, 3.63) is 28.9 Å². The normalized spacial score (nSPS) is 21.6. The number of terminal acetylenes is 1. The maximum Gasteiger partial charge on any atom is 0.294 e. The van der Waals surface area contributed by atoms with Gasteiger partial charge in [-0.25, -0.2) is 0 Å². The second-order valence-corrected chi connectivity index (χ2v) is 6.65. The summed E-state index contributed by atoms with van der Waals surface area (Å²) < 4.78 is 2.23. The minimum Gasteiger partial charge on any atom is -0.351 e. The van der Waals surface area contributed by atoms with Crippen LogP contribution in [0.25, 0.3) is 6.08 Å². The first kappa shape index (κ1) is 15.0. The van der Waals surface area contributed by atoms with Crippen LogP contribution in [0.3, 0.4) is 0 Å². The number of aromatic nitrogens is 1. The standard InChI is InChI=1S/C17H18N2O2S/c1-2-9-19-16(20)15(22-17(19)21)11-13-8-10-18(12-13)14-6-4-3-5-7-14/h1,8,10-12,14H,3-7,9H2/b15-11+. The molecule has 1 aliphatic heterocycles. The Labute approximate surface area is 134 Å². The van der Waals surface area contributed by atoms with E-state index in [0.29, 0.717) is 10.9 Å². The molecule has 2 fully saturated rings. The highest BCUT2D eigenvalue weighted by Gasteiger charge is 2.34. The Hall–Kier alpha value is -1.93. The molecular formula is C17H18N2O2S. The molecule has 0 spiro atoms. The van der Waals surface area contributed by atoms with Gasteiger partial charge in [0.15, 0.2) is 0 Å². The minimum absolute atomic E-state index is 0.0328. The first-order valence-electron chi connectivity index (χ1n) is 7.55. The molecule has 4 nitrogen and oxygen atoms in total. The van der Waals surface area contributed by atoms with E-state index in [1.54, 1.807) is 6.08 Å². The molecule has 1 saturated heterocycles. The fraction of sp³-hybridized carbons (Fsp3) is 0.412. The van der Waals surface area contributed by atoms with Crippen LogP contribution >= 0.6 is 11.8 Å². The van der Waals surface area contributed by atoms with E-state index >= 15 is 0 Å². The van der Waals surface area contributed by atoms with E-state index in [9.17, 15) is 9.59 Å². The van der Waals surface area contributed by atoms with Gasteiger partial charge in [-0.3, -0.25) is 14.5 Å². The number of imide groups is 1. The van der Waals surface area contributed by atoms with Gasteiger partial charge in [-0.05, 0) is 42.3 Å². The molecule has 0 aromatic carbocycles. The third-order valence-electron chi connectivity index (χ3n) is 4.15. The zero-order chi connectivity index (χ0) is 15.5. The highest BCUT2D eigenvalue weighted by Crippen LogP contribution is 2.33.